The minimum atomic E-state index is -0.663. The first-order chi connectivity index (χ1) is 11.0. The third kappa shape index (κ3) is 11.1. The second-order valence-corrected chi connectivity index (χ2v) is 15.2. The predicted molar refractivity (Wildman–Crippen MR) is 121 cm³/mol. The van der Waals surface area contributed by atoms with Gasteiger partial charge in [0.15, 0.2) is 0 Å². The zero-order chi connectivity index (χ0) is 20.1. The second-order valence-electron chi connectivity index (χ2n) is 7.08. The molecule has 0 aromatic heterocycles. The van der Waals surface area contributed by atoms with Crippen molar-refractivity contribution in [2.75, 3.05) is 19.8 Å². The highest BCUT2D eigenvalue weighted by atomic mass is 127. The number of esters is 3. The van der Waals surface area contributed by atoms with E-state index >= 15 is 0 Å². The number of hydrogen-bond acceptors (Lipinski definition) is 6. The monoisotopic (exact) mass is 694 g/mol. The Morgan fingerprint density at radius 3 is 1.00 bits per heavy atom. The summed E-state index contributed by atoms with van der Waals surface area (Å²) in [6.45, 7) is 10.5. The molecular weight excluding hydrogens is 669 g/mol. The average molecular weight is 694 g/mol. The maximum Gasteiger partial charge on any atom is 0.321 e. The molecule has 0 N–H and O–H groups in total. The van der Waals surface area contributed by atoms with Crippen molar-refractivity contribution in [3.05, 3.63) is 0 Å². The van der Waals surface area contributed by atoms with Crippen LogP contribution in [-0.4, -0.2) is 48.0 Å². The van der Waals surface area contributed by atoms with E-state index in [4.69, 9.17) is 14.2 Å². The first-order valence-electron chi connectivity index (χ1n) is 7.63. The Bertz CT molecular complexity index is 414. The lowest BCUT2D eigenvalue weighted by atomic mass is 10.1. The maximum atomic E-state index is 11.9. The highest BCUT2D eigenvalue weighted by Gasteiger charge is 2.30. The summed E-state index contributed by atoms with van der Waals surface area (Å²) < 4.78 is 13.8. The molecule has 0 spiro atoms. The van der Waals surface area contributed by atoms with Gasteiger partial charge in [-0.05, 0) is 41.5 Å². The van der Waals surface area contributed by atoms with Crippen molar-refractivity contribution in [3.63, 3.8) is 0 Å². The van der Waals surface area contributed by atoms with E-state index in [9.17, 15) is 14.4 Å². The van der Waals surface area contributed by atoms with Gasteiger partial charge in [-0.15, -0.1) is 0 Å². The van der Waals surface area contributed by atoms with Crippen LogP contribution in [0.3, 0.4) is 0 Å². The molecule has 0 rings (SSSR count). The van der Waals surface area contributed by atoms with Gasteiger partial charge in [-0.1, -0.05) is 67.8 Å². The molecule has 0 aliphatic carbocycles. The van der Waals surface area contributed by atoms with Crippen LogP contribution in [0, 0.1) is 5.92 Å². The fourth-order valence-electron chi connectivity index (χ4n) is 1.24. The zero-order valence-electron chi connectivity index (χ0n) is 15.3. The van der Waals surface area contributed by atoms with E-state index in [1.165, 1.54) is 0 Å². The molecule has 146 valence electrons. The summed E-state index contributed by atoms with van der Waals surface area (Å²) >= 11 is 5.96. The van der Waals surface area contributed by atoms with Crippen molar-refractivity contribution in [3.8, 4) is 0 Å². The molecule has 0 saturated carbocycles. The predicted octanol–water partition coefficient (Wildman–Crippen LogP) is 3.87. The van der Waals surface area contributed by atoms with E-state index < -0.39 is 16.2 Å². The molecule has 0 aliphatic rings. The zero-order valence-corrected chi connectivity index (χ0v) is 21.8. The summed E-state index contributed by atoms with van der Waals surface area (Å²) in [5, 5.41) is 0. The minimum absolute atomic E-state index is 0.00910. The molecule has 0 bridgehead atoms. The van der Waals surface area contributed by atoms with Gasteiger partial charge in [-0.2, -0.15) is 0 Å². The molecule has 0 amide bonds. The first kappa shape index (κ1) is 25.6. The fourth-order valence-corrected chi connectivity index (χ4v) is 1.71. The maximum absolute atomic E-state index is 11.9. The van der Waals surface area contributed by atoms with Gasteiger partial charge in [-0.3, -0.25) is 14.4 Å². The quantitative estimate of drug-likeness (QED) is 0.158. The highest BCUT2D eigenvalue weighted by Crippen LogP contribution is 2.22. The van der Waals surface area contributed by atoms with E-state index in [2.05, 4.69) is 0 Å². The topological polar surface area (TPSA) is 78.9 Å². The molecule has 0 radical (unpaired) electrons. The molecule has 6 nitrogen and oxygen atoms in total. The third-order valence-electron chi connectivity index (χ3n) is 2.81. The van der Waals surface area contributed by atoms with Crippen LogP contribution in [0.25, 0.3) is 0 Å². The van der Waals surface area contributed by atoms with Crippen LogP contribution in [0.1, 0.15) is 41.5 Å². The Morgan fingerprint density at radius 2 is 0.840 bits per heavy atom. The summed E-state index contributed by atoms with van der Waals surface area (Å²) in [7, 11) is 0. The number of halogens is 3. The van der Waals surface area contributed by atoms with Crippen molar-refractivity contribution in [1.82, 2.24) is 0 Å². The van der Waals surface area contributed by atoms with Gasteiger partial charge in [-0.25, -0.2) is 0 Å². The van der Waals surface area contributed by atoms with Gasteiger partial charge < -0.3 is 14.2 Å². The number of ether oxygens (including phenoxy) is 3. The van der Waals surface area contributed by atoms with E-state index in [0.717, 1.165) is 0 Å². The van der Waals surface area contributed by atoms with Crippen LogP contribution >= 0.6 is 67.8 Å². The molecule has 0 saturated heterocycles. The lowest BCUT2D eigenvalue weighted by molar-refractivity contribution is -0.155. The summed E-state index contributed by atoms with van der Waals surface area (Å²) in [4.78, 5) is 35.7. The normalized spacial score (nSPS) is 12.7. The Labute approximate surface area is 190 Å². The lowest BCUT2D eigenvalue weighted by Crippen LogP contribution is -2.35. The van der Waals surface area contributed by atoms with E-state index in [0.29, 0.717) is 0 Å². The van der Waals surface area contributed by atoms with Crippen LogP contribution in [0.4, 0.5) is 0 Å². The number of carbonyl (C=O) groups excluding carboxylic acids is 3. The Morgan fingerprint density at radius 1 is 0.640 bits per heavy atom. The Kier molecular flexibility index (Phi) is 10.5. The standard InChI is InChI=1S/C16H25I3O6/c1-14(2,17)11(20)23-7-10(8-24-12(21)15(3,4)18)9-25-13(22)16(5,6)19/h10H,7-9H2,1-6H3. The molecule has 0 aromatic rings. The van der Waals surface area contributed by atoms with Gasteiger partial charge in [0.25, 0.3) is 0 Å². The second kappa shape index (κ2) is 10.2. The molecule has 25 heavy (non-hydrogen) atoms. The Balaban J connectivity index is 4.79. The molecule has 0 aromatic carbocycles. The SMILES string of the molecule is CC(C)(I)C(=O)OCC(COC(=O)C(C)(C)I)COC(=O)C(C)(C)I. The summed E-state index contributed by atoms with van der Waals surface area (Å²) in [5.41, 5.74) is 0. The number of alkyl halides is 3. The van der Waals surface area contributed by atoms with Crippen molar-refractivity contribution >= 4 is 85.7 Å². The molecule has 9 heteroatoms. The summed E-state index contributed by atoms with van der Waals surface area (Å²) in [6, 6.07) is 0. The lowest BCUT2D eigenvalue weighted by Gasteiger charge is -2.23. The molecule has 0 atom stereocenters. The summed E-state index contributed by atoms with van der Waals surface area (Å²) in [5.74, 6) is -1.55. The van der Waals surface area contributed by atoms with Crippen molar-refractivity contribution in [1.29, 1.82) is 0 Å². The van der Waals surface area contributed by atoms with Crippen molar-refractivity contribution < 1.29 is 28.6 Å². The van der Waals surface area contributed by atoms with Crippen LogP contribution < -0.4 is 0 Å². The van der Waals surface area contributed by atoms with E-state index in [1.807, 2.05) is 67.8 Å². The Hall–Kier alpha value is 0.600. The first-order valence-corrected chi connectivity index (χ1v) is 10.9. The summed E-state index contributed by atoms with van der Waals surface area (Å²) in [6.07, 6.45) is 0. The smallest absolute Gasteiger partial charge is 0.321 e. The molecule has 0 fully saturated rings. The minimum Gasteiger partial charge on any atom is -0.464 e. The van der Waals surface area contributed by atoms with Crippen LogP contribution in [0.15, 0.2) is 0 Å². The molecule has 0 unspecified atom stereocenters. The number of carbonyl (C=O) groups is 3. The van der Waals surface area contributed by atoms with Gasteiger partial charge in [0.1, 0.15) is 30.1 Å². The van der Waals surface area contributed by atoms with Crippen LogP contribution in [0.2, 0.25) is 0 Å². The van der Waals surface area contributed by atoms with Gasteiger partial charge >= 0.3 is 17.9 Å². The van der Waals surface area contributed by atoms with E-state index in [-0.39, 0.29) is 37.7 Å². The number of rotatable bonds is 9. The van der Waals surface area contributed by atoms with Gasteiger partial charge in [0.2, 0.25) is 0 Å². The molecule has 0 heterocycles. The molecular formula is C16H25I3O6. The fraction of sp³-hybridized carbons (Fsp3) is 0.812. The van der Waals surface area contributed by atoms with Crippen LogP contribution in [-0.2, 0) is 28.6 Å². The van der Waals surface area contributed by atoms with Crippen molar-refractivity contribution in [2.24, 2.45) is 5.92 Å². The number of hydrogen-bond donors (Lipinski definition) is 0. The molecule has 0 aliphatic heterocycles. The third-order valence-corrected chi connectivity index (χ3v) is 4.13. The van der Waals surface area contributed by atoms with Gasteiger partial charge in [0, 0.05) is 0 Å². The largest absolute Gasteiger partial charge is 0.464 e. The van der Waals surface area contributed by atoms with Gasteiger partial charge in [0.05, 0.1) is 5.92 Å². The van der Waals surface area contributed by atoms with Crippen LogP contribution in [0.5, 0.6) is 0 Å². The van der Waals surface area contributed by atoms with E-state index in [1.54, 1.807) is 41.5 Å². The highest BCUT2D eigenvalue weighted by molar-refractivity contribution is 14.1. The van der Waals surface area contributed by atoms with Crippen molar-refractivity contribution in [2.45, 2.75) is 51.8 Å². The average Bonchev–Trinajstić information content (AvgIpc) is 2.42.